The fraction of sp³-hybridized carbons (Fsp3) is 0.474. The van der Waals surface area contributed by atoms with Crippen LogP contribution < -0.4 is 11.1 Å². The van der Waals surface area contributed by atoms with Gasteiger partial charge in [0, 0.05) is 30.4 Å². The highest BCUT2D eigenvalue weighted by atomic mass is 32.1. The van der Waals surface area contributed by atoms with Gasteiger partial charge in [0.25, 0.3) is 0 Å². The largest absolute Gasteiger partial charge is 0.332 e. The van der Waals surface area contributed by atoms with Crippen LogP contribution in [0.15, 0.2) is 31.8 Å². The zero-order valence-corrected chi connectivity index (χ0v) is 17.3. The van der Waals surface area contributed by atoms with E-state index in [4.69, 9.17) is 5.10 Å². The van der Waals surface area contributed by atoms with Crippen LogP contribution >= 0.6 is 22.7 Å². The topological polar surface area (TPSA) is 73.0 Å². The van der Waals surface area contributed by atoms with Gasteiger partial charge in [0.05, 0.1) is 17.2 Å². The second-order valence-corrected chi connectivity index (χ2v) is 9.57. The molecule has 3 aromatic heterocycles. The molecule has 9 heteroatoms. The average molecular weight is 416 g/mol. The van der Waals surface area contributed by atoms with Crippen molar-refractivity contribution in [2.75, 3.05) is 13.1 Å². The Labute approximate surface area is 169 Å². The molecule has 2 aliphatic heterocycles. The Kier molecular flexibility index (Phi) is 4.33. The summed E-state index contributed by atoms with van der Waals surface area (Å²) in [6.07, 6.45) is 1.84. The van der Waals surface area contributed by atoms with Gasteiger partial charge >= 0.3 is 11.1 Å². The summed E-state index contributed by atoms with van der Waals surface area (Å²) in [6, 6.07) is 2.16. The van der Waals surface area contributed by atoms with E-state index in [1.54, 1.807) is 15.9 Å². The van der Waals surface area contributed by atoms with Crippen molar-refractivity contribution < 1.29 is 0 Å². The highest BCUT2D eigenvalue weighted by molar-refractivity contribution is 7.09. The molecule has 28 heavy (non-hydrogen) atoms. The number of likely N-dealkylation sites (tertiary alicyclic amines) is 1. The van der Waals surface area contributed by atoms with Crippen LogP contribution in [-0.2, 0) is 25.0 Å². The Morgan fingerprint density at radius 1 is 1.14 bits per heavy atom. The molecule has 7 nitrogen and oxygen atoms in total. The number of aryl methyl sites for hydroxylation is 1. The number of rotatable bonds is 4. The van der Waals surface area contributed by atoms with Crippen molar-refractivity contribution in [3.63, 3.8) is 0 Å². The smallest absolute Gasteiger partial charge is 0.298 e. The lowest BCUT2D eigenvalue weighted by Gasteiger charge is -2.23. The lowest BCUT2D eigenvalue weighted by atomic mass is 9.85. The van der Waals surface area contributed by atoms with E-state index in [1.807, 2.05) is 12.3 Å². The fourth-order valence-corrected chi connectivity index (χ4v) is 5.70. The van der Waals surface area contributed by atoms with Gasteiger partial charge in [-0.3, -0.25) is 19.1 Å². The van der Waals surface area contributed by atoms with Crippen molar-refractivity contribution in [3.8, 4) is 0 Å². The maximum atomic E-state index is 12.7. The van der Waals surface area contributed by atoms with Gasteiger partial charge in [0.2, 0.25) is 0 Å². The number of aromatic nitrogens is 4. The van der Waals surface area contributed by atoms with Gasteiger partial charge in [-0.15, -0.1) is 11.3 Å². The van der Waals surface area contributed by atoms with Crippen molar-refractivity contribution in [2.45, 2.75) is 44.8 Å². The van der Waals surface area contributed by atoms with Crippen LogP contribution in [0.25, 0.3) is 0 Å². The molecule has 0 amide bonds. The Bertz CT molecular complexity index is 1130. The molecular weight excluding hydrogens is 394 g/mol. The predicted octanol–water partition coefficient (Wildman–Crippen LogP) is 1.83. The van der Waals surface area contributed by atoms with Gasteiger partial charge < -0.3 is 0 Å². The molecule has 0 aliphatic carbocycles. The molecule has 1 fully saturated rings. The minimum Gasteiger partial charge on any atom is -0.298 e. The van der Waals surface area contributed by atoms with E-state index in [0.717, 1.165) is 49.0 Å². The van der Waals surface area contributed by atoms with Crippen LogP contribution in [0, 0.1) is 6.92 Å². The first kappa shape index (κ1) is 18.0. The van der Waals surface area contributed by atoms with Gasteiger partial charge in [-0.1, -0.05) is 0 Å². The summed E-state index contributed by atoms with van der Waals surface area (Å²) in [5, 5.41) is 11.8. The third kappa shape index (κ3) is 2.98. The van der Waals surface area contributed by atoms with Crippen molar-refractivity contribution >= 4 is 22.7 Å². The van der Waals surface area contributed by atoms with E-state index in [-0.39, 0.29) is 12.0 Å². The maximum Gasteiger partial charge on any atom is 0.332 e. The minimum atomic E-state index is -0.556. The molecule has 1 spiro atoms. The van der Waals surface area contributed by atoms with Crippen molar-refractivity contribution in [1.82, 2.24) is 24.2 Å². The monoisotopic (exact) mass is 415 g/mol. The summed E-state index contributed by atoms with van der Waals surface area (Å²) in [7, 11) is 0. The van der Waals surface area contributed by atoms with Gasteiger partial charge in [-0.2, -0.15) is 16.4 Å². The molecule has 0 N–H and O–H groups in total. The van der Waals surface area contributed by atoms with E-state index >= 15 is 0 Å². The third-order valence-corrected chi connectivity index (χ3v) is 7.37. The second kappa shape index (κ2) is 6.75. The third-order valence-electron chi connectivity index (χ3n) is 5.82. The van der Waals surface area contributed by atoms with E-state index in [2.05, 4.69) is 26.7 Å². The maximum absolute atomic E-state index is 12.7. The SMILES string of the molecule is Cc1nc(Cn2nc3n(c(=O)c2=O)CC[C@]32CCN(Cc3ccsc3)C2)cs1. The highest BCUT2D eigenvalue weighted by Crippen LogP contribution is 2.40. The Morgan fingerprint density at radius 2 is 2.00 bits per heavy atom. The average Bonchev–Trinajstić information content (AvgIpc) is 3.45. The lowest BCUT2D eigenvalue weighted by Crippen LogP contribution is -2.45. The first-order chi connectivity index (χ1) is 13.5. The quantitative estimate of drug-likeness (QED) is 0.608. The Morgan fingerprint density at radius 3 is 2.75 bits per heavy atom. The van der Waals surface area contributed by atoms with Crippen LogP contribution in [0.1, 0.15) is 34.9 Å². The van der Waals surface area contributed by atoms with E-state index < -0.39 is 11.1 Å². The molecule has 1 atom stereocenters. The van der Waals surface area contributed by atoms with Crippen LogP contribution in [0.5, 0.6) is 0 Å². The molecule has 3 aromatic rings. The molecule has 146 valence electrons. The van der Waals surface area contributed by atoms with Gasteiger partial charge in [0.15, 0.2) is 0 Å². The van der Waals surface area contributed by atoms with Crippen LogP contribution in [-0.4, -0.2) is 37.3 Å². The first-order valence-corrected chi connectivity index (χ1v) is 11.2. The summed E-state index contributed by atoms with van der Waals surface area (Å²) in [4.78, 5) is 32.1. The van der Waals surface area contributed by atoms with Crippen LogP contribution in [0.2, 0.25) is 0 Å². The van der Waals surface area contributed by atoms with E-state index in [1.165, 1.54) is 21.6 Å². The van der Waals surface area contributed by atoms with Crippen LogP contribution in [0.3, 0.4) is 0 Å². The zero-order valence-electron chi connectivity index (χ0n) is 15.6. The first-order valence-electron chi connectivity index (χ1n) is 9.41. The van der Waals surface area contributed by atoms with Crippen molar-refractivity contribution in [2.24, 2.45) is 0 Å². The Balaban J connectivity index is 1.47. The zero-order chi connectivity index (χ0) is 19.3. The van der Waals surface area contributed by atoms with Crippen molar-refractivity contribution in [3.05, 3.63) is 65.0 Å². The highest BCUT2D eigenvalue weighted by Gasteiger charge is 2.47. The summed E-state index contributed by atoms with van der Waals surface area (Å²) in [5.41, 5.74) is 0.959. The normalized spacial score (nSPS) is 21.6. The second-order valence-electron chi connectivity index (χ2n) is 7.72. The molecule has 0 radical (unpaired) electrons. The van der Waals surface area contributed by atoms with E-state index in [9.17, 15) is 9.59 Å². The molecule has 0 saturated carbocycles. The number of fused-ring (bicyclic) bond motifs is 2. The van der Waals surface area contributed by atoms with Gasteiger partial charge in [-0.05, 0) is 48.7 Å². The summed E-state index contributed by atoms with van der Waals surface area (Å²) in [6.45, 7) is 5.55. The predicted molar refractivity (Wildman–Crippen MR) is 109 cm³/mol. The van der Waals surface area contributed by atoms with E-state index in [0.29, 0.717) is 6.54 Å². The molecular formula is C19H21N5O2S2. The number of thiophene rings is 1. The number of thiazole rings is 1. The standard InChI is InChI=1S/C19H21N5O2S2/c1-13-20-15(11-28-13)9-24-17(26)16(25)23-6-4-19(18(23)21-24)3-5-22(12-19)8-14-2-7-27-10-14/h2,7,10-11H,3-6,8-9,12H2,1H3/t19-/m0/s1. The molecule has 5 heterocycles. The van der Waals surface area contributed by atoms with Gasteiger partial charge in [-0.25, -0.2) is 9.67 Å². The molecule has 2 aliphatic rings. The molecule has 0 bridgehead atoms. The fourth-order valence-electron chi connectivity index (χ4n) is 4.44. The lowest BCUT2D eigenvalue weighted by molar-refractivity contribution is 0.298. The minimum absolute atomic E-state index is 0.136. The molecule has 0 unspecified atom stereocenters. The number of hydrogen-bond acceptors (Lipinski definition) is 7. The number of nitrogens with zero attached hydrogens (tertiary/aromatic N) is 5. The molecule has 5 rings (SSSR count). The summed E-state index contributed by atoms with van der Waals surface area (Å²) in [5.74, 6) is 0.775. The number of hydrogen-bond donors (Lipinski definition) is 0. The molecule has 1 saturated heterocycles. The summed E-state index contributed by atoms with van der Waals surface area (Å²) >= 11 is 3.25. The summed E-state index contributed by atoms with van der Waals surface area (Å²) < 4.78 is 2.93. The molecule has 0 aromatic carbocycles. The van der Waals surface area contributed by atoms with Crippen LogP contribution in [0.4, 0.5) is 0 Å². The Hall–Kier alpha value is -2.10. The van der Waals surface area contributed by atoms with Gasteiger partial charge in [0.1, 0.15) is 5.82 Å². The van der Waals surface area contributed by atoms with Crippen molar-refractivity contribution in [1.29, 1.82) is 0 Å².